The summed E-state index contributed by atoms with van der Waals surface area (Å²) in [5.74, 6) is 0.454. The van der Waals surface area contributed by atoms with Crippen LogP contribution in [0, 0.1) is 6.92 Å². The van der Waals surface area contributed by atoms with E-state index in [2.05, 4.69) is 20.3 Å². The average molecular weight is 266 g/mol. The van der Waals surface area contributed by atoms with Gasteiger partial charge in [0.25, 0.3) is 5.56 Å². The number of fused-ring (bicyclic) bond motifs is 2. The summed E-state index contributed by atoms with van der Waals surface area (Å²) in [6.07, 6.45) is 3.04. The molecule has 0 unspecified atom stereocenters. The van der Waals surface area contributed by atoms with E-state index in [-0.39, 0.29) is 5.56 Å². The van der Waals surface area contributed by atoms with Crippen molar-refractivity contribution < 1.29 is 0 Å². The quantitative estimate of drug-likeness (QED) is 0.558. The predicted octanol–water partition coefficient (Wildman–Crippen LogP) is 1.06. The number of aromatic amines is 1. The van der Waals surface area contributed by atoms with Gasteiger partial charge in [0.1, 0.15) is 11.7 Å². The molecule has 3 heterocycles. The summed E-state index contributed by atoms with van der Waals surface area (Å²) < 4.78 is 3.04. The summed E-state index contributed by atoms with van der Waals surface area (Å²) >= 11 is 0. The molecule has 20 heavy (non-hydrogen) atoms. The van der Waals surface area contributed by atoms with E-state index in [0.717, 1.165) is 5.69 Å². The maximum absolute atomic E-state index is 12.2. The van der Waals surface area contributed by atoms with E-state index in [1.807, 2.05) is 31.2 Å². The molecule has 0 aliphatic rings. The zero-order valence-corrected chi connectivity index (χ0v) is 10.6. The number of hydrogen-bond donors (Lipinski definition) is 1. The minimum absolute atomic E-state index is 0.232. The van der Waals surface area contributed by atoms with Crippen molar-refractivity contribution in [1.82, 2.24) is 29.4 Å². The third-order valence-electron chi connectivity index (χ3n) is 3.25. The van der Waals surface area contributed by atoms with Crippen LogP contribution in [0.25, 0.3) is 22.5 Å². The normalized spacial score (nSPS) is 11.4. The Morgan fingerprint density at radius 3 is 2.80 bits per heavy atom. The van der Waals surface area contributed by atoms with Gasteiger partial charge >= 0.3 is 0 Å². The molecule has 98 valence electrons. The molecule has 0 saturated carbocycles. The molecule has 7 nitrogen and oxygen atoms in total. The van der Waals surface area contributed by atoms with Crippen molar-refractivity contribution in [2.75, 3.05) is 0 Å². The predicted molar refractivity (Wildman–Crippen MR) is 73.0 cm³/mol. The first-order chi connectivity index (χ1) is 9.74. The summed E-state index contributed by atoms with van der Waals surface area (Å²) in [5.41, 5.74) is 2.30. The van der Waals surface area contributed by atoms with Crippen molar-refractivity contribution >= 4 is 16.8 Å². The number of aromatic nitrogens is 6. The topological polar surface area (TPSA) is 80.9 Å². The molecule has 0 bridgehead atoms. The molecule has 7 heteroatoms. The van der Waals surface area contributed by atoms with Crippen LogP contribution in [0.5, 0.6) is 0 Å². The Kier molecular flexibility index (Phi) is 2.06. The van der Waals surface area contributed by atoms with Crippen LogP contribution in [-0.2, 0) is 0 Å². The standard InChI is InChI=1S/C13H10N6O/c1-8-2-4-9(5-3-8)18-7-15-19-12(20)10-6-14-17-11(10)16-13(18)19/h2-7H,1H3,(H,14,17). The summed E-state index contributed by atoms with van der Waals surface area (Å²) in [4.78, 5) is 16.6. The van der Waals surface area contributed by atoms with Crippen molar-refractivity contribution in [3.63, 3.8) is 0 Å². The second-order valence-electron chi connectivity index (χ2n) is 4.60. The van der Waals surface area contributed by atoms with Crippen molar-refractivity contribution in [2.45, 2.75) is 6.92 Å². The number of benzene rings is 1. The van der Waals surface area contributed by atoms with Crippen LogP contribution in [-0.4, -0.2) is 29.4 Å². The van der Waals surface area contributed by atoms with Gasteiger partial charge in [0.15, 0.2) is 5.65 Å². The number of hydrogen-bond acceptors (Lipinski definition) is 4. The van der Waals surface area contributed by atoms with Gasteiger partial charge in [0, 0.05) is 0 Å². The molecule has 0 aliphatic carbocycles. The number of nitrogens with one attached hydrogen (secondary N) is 1. The second-order valence-corrected chi connectivity index (χ2v) is 4.60. The molecule has 0 spiro atoms. The van der Waals surface area contributed by atoms with Gasteiger partial charge in [-0.1, -0.05) is 17.7 Å². The molecule has 0 radical (unpaired) electrons. The van der Waals surface area contributed by atoms with Crippen LogP contribution in [0.15, 0.2) is 41.6 Å². The van der Waals surface area contributed by atoms with Gasteiger partial charge in [0.2, 0.25) is 5.78 Å². The Hall–Kier alpha value is -2.96. The fraction of sp³-hybridized carbons (Fsp3) is 0.0769. The molecule has 1 N–H and O–H groups in total. The Bertz CT molecular complexity index is 976. The van der Waals surface area contributed by atoms with Gasteiger partial charge in [0.05, 0.1) is 11.9 Å². The maximum Gasteiger partial charge on any atom is 0.286 e. The monoisotopic (exact) mass is 266 g/mol. The zero-order valence-electron chi connectivity index (χ0n) is 10.6. The molecule has 0 amide bonds. The third-order valence-corrected chi connectivity index (χ3v) is 3.25. The lowest BCUT2D eigenvalue weighted by Crippen LogP contribution is -2.15. The van der Waals surface area contributed by atoms with Crippen LogP contribution < -0.4 is 5.56 Å². The first kappa shape index (κ1) is 10.9. The van der Waals surface area contributed by atoms with Gasteiger partial charge in [-0.15, -0.1) is 0 Å². The molecule has 4 rings (SSSR count). The van der Waals surface area contributed by atoms with Gasteiger partial charge in [-0.25, -0.2) is 0 Å². The Morgan fingerprint density at radius 2 is 2.00 bits per heavy atom. The number of nitrogens with zero attached hydrogens (tertiary/aromatic N) is 5. The van der Waals surface area contributed by atoms with E-state index in [9.17, 15) is 4.79 Å². The highest BCUT2D eigenvalue weighted by molar-refractivity contribution is 5.74. The summed E-state index contributed by atoms with van der Waals surface area (Å²) in [5, 5.41) is 11.1. The van der Waals surface area contributed by atoms with E-state index < -0.39 is 0 Å². The zero-order chi connectivity index (χ0) is 13.7. The average Bonchev–Trinajstić information content (AvgIpc) is 3.07. The molecule has 0 fully saturated rings. The molecule has 3 aromatic heterocycles. The SMILES string of the molecule is Cc1ccc(-n2cnn3c(=O)c4cn[nH]c4nc23)cc1. The molecule has 0 saturated heterocycles. The van der Waals surface area contributed by atoms with E-state index in [1.165, 1.54) is 16.3 Å². The van der Waals surface area contributed by atoms with Crippen LogP contribution in [0.1, 0.15) is 5.56 Å². The molecular weight excluding hydrogens is 256 g/mol. The van der Waals surface area contributed by atoms with Crippen molar-refractivity contribution in [2.24, 2.45) is 0 Å². The largest absolute Gasteiger partial charge is 0.286 e. The van der Waals surface area contributed by atoms with Crippen molar-refractivity contribution in [3.8, 4) is 5.69 Å². The van der Waals surface area contributed by atoms with Gasteiger partial charge in [-0.3, -0.25) is 14.5 Å². The Morgan fingerprint density at radius 1 is 1.20 bits per heavy atom. The molecular formula is C13H10N6O. The first-order valence-corrected chi connectivity index (χ1v) is 6.10. The van der Waals surface area contributed by atoms with Gasteiger partial charge in [-0.05, 0) is 19.1 Å². The van der Waals surface area contributed by atoms with Crippen molar-refractivity contribution in [3.05, 3.63) is 52.7 Å². The summed E-state index contributed by atoms with van der Waals surface area (Å²) in [6, 6.07) is 7.91. The molecule has 1 aromatic carbocycles. The van der Waals surface area contributed by atoms with Gasteiger partial charge < -0.3 is 0 Å². The lowest BCUT2D eigenvalue weighted by molar-refractivity contribution is 0.913. The Balaban J connectivity index is 2.08. The van der Waals surface area contributed by atoms with E-state index >= 15 is 0 Å². The van der Waals surface area contributed by atoms with Crippen LogP contribution in [0.3, 0.4) is 0 Å². The maximum atomic E-state index is 12.2. The van der Waals surface area contributed by atoms with Crippen molar-refractivity contribution in [1.29, 1.82) is 0 Å². The van der Waals surface area contributed by atoms with Crippen LogP contribution in [0.2, 0.25) is 0 Å². The highest BCUT2D eigenvalue weighted by atomic mass is 16.1. The number of H-pyrrole nitrogens is 1. The Labute approximate surface area is 112 Å². The highest BCUT2D eigenvalue weighted by Gasteiger charge is 2.12. The number of rotatable bonds is 1. The second kappa shape index (κ2) is 3.77. The van der Waals surface area contributed by atoms with E-state index in [0.29, 0.717) is 16.8 Å². The molecule has 4 aromatic rings. The smallest absolute Gasteiger partial charge is 0.267 e. The first-order valence-electron chi connectivity index (χ1n) is 6.10. The summed E-state index contributed by atoms with van der Waals surface area (Å²) in [7, 11) is 0. The summed E-state index contributed by atoms with van der Waals surface area (Å²) in [6.45, 7) is 2.02. The van der Waals surface area contributed by atoms with E-state index in [4.69, 9.17) is 0 Å². The van der Waals surface area contributed by atoms with Crippen LogP contribution in [0.4, 0.5) is 0 Å². The van der Waals surface area contributed by atoms with E-state index in [1.54, 1.807) is 10.9 Å². The third kappa shape index (κ3) is 1.40. The fourth-order valence-electron chi connectivity index (χ4n) is 2.18. The lowest BCUT2D eigenvalue weighted by atomic mass is 10.2. The fourth-order valence-corrected chi connectivity index (χ4v) is 2.18. The number of aryl methyl sites for hydroxylation is 1. The lowest BCUT2D eigenvalue weighted by Gasteiger charge is -2.03. The van der Waals surface area contributed by atoms with Crippen LogP contribution >= 0.6 is 0 Å². The van der Waals surface area contributed by atoms with Gasteiger partial charge in [-0.2, -0.15) is 19.7 Å². The minimum Gasteiger partial charge on any atom is -0.267 e. The molecule has 0 atom stereocenters. The highest BCUT2D eigenvalue weighted by Crippen LogP contribution is 2.12. The minimum atomic E-state index is -0.232. The molecule has 0 aliphatic heterocycles.